The van der Waals surface area contributed by atoms with Crippen LogP contribution in [0.15, 0.2) is 39.8 Å². The SMILES string of the molecule is C[C@@H](O[Si](C)(C)C(C)(C)C)[C@H]1C(=O)N2C(C(=O)O)=C([S+]([O-])c3ccccc3C(=O)N3CCCCCC3)[C@H](C)[C@H]12. The van der Waals surface area contributed by atoms with Crippen LogP contribution in [0.5, 0.6) is 0 Å². The fraction of sp³-hybridized carbons (Fsp3) is 0.621. The summed E-state index contributed by atoms with van der Waals surface area (Å²) in [7, 11) is -2.18. The van der Waals surface area contributed by atoms with Crippen LogP contribution in [-0.4, -0.2) is 70.8 Å². The van der Waals surface area contributed by atoms with E-state index in [1.807, 2.05) is 13.8 Å². The number of carboxylic acids is 1. The van der Waals surface area contributed by atoms with Gasteiger partial charge in [0.15, 0.2) is 23.8 Å². The van der Waals surface area contributed by atoms with Gasteiger partial charge in [0.2, 0.25) is 5.91 Å². The molecule has 39 heavy (non-hydrogen) atoms. The molecule has 10 heteroatoms. The van der Waals surface area contributed by atoms with Gasteiger partial charge in [0.25, 0.3) is 5.91 Å². The number of amides is 2. The Labute approximate surface area is 236 Å². The lowest BCUT2D eigenvalue weighted by Gasteiger charge is -2.49. The van der Waals surface area contributed by atoms with Crippen molar-refractivity contribution >= 4 is 37.3 Å². The number of likely N-dealkylation sites (tertiary alicyclic amines) is 1. The van der Waals surface area contributed by atoms with Gasteiger partial charge < -0.3 is 19.0 Å². The molecule has 0 spiro atoms. The summed E-state index contributed by atoms with van der Waals surface area (Å²) in [6, 6.07) is 6.31. The van der Waals surface area contributed by atoms with Crippen LogP contribution in [0.25, 0.3) is 0 Å². The molecule has 1 aromatic rings. The number of benzene rings is 1. The first-order valence-electron chi connectivity index (χ1n) is 14.0. The Morgan fingerprint density at radius 3 is 2.28 bits per heavy atom. The highest BCUT2D eigenvalue weighted by molar-refractivity contribution is 7.95. The molecule has 0 aliphatic carbocycles. The average Bonchev–Trinajstić information content (AvgIpc) is 2.99. The maximum atomic E-state index is 14.2. The van der Waals surface area contributed by atoms with Gasteiger partial charge in [-0.05, 0) is 50.0 Å². The number of hydrogen-bond donors (Lipinski definition) is 1. The van der Waals surface area contributed by atoms with Crippen molar-refractivity contribution in [2.24, 2.45) is 11.8 Å². The first-order valence-corrected chi connectivity index (χ1v) is 18.0. The van der Waals surface area contributed by atoms with Crippen molar-refractivity contribution in [2.75, 3.05) is 13.1 Å². The average molecular weight is 575 g/mol. The number of rotatable bonds is 7. The third-order valence-electron chi connectivity index (χ3n) is 8.99. The number of fused-ring (bicyclic) bond motifs is 1. The molecule has 3 aliphatic rings. The predicted molar refractivity (Wildman–Crippen MR) is 153 cm³/mol. The Morgan fingerprint density at radius 2 is 1.72 bits per heavy atom. The van der Waals surface area contributed by atoms with Gasteiger partial charge in [0, 0.05) is 24.3 Å². The lowest BCUT2D eigenvalue weighted by atomic mass is 9.79. The second-order valence-electron chi connectivity index (χ2n) is 12.6. The molecule has 3 heterocycles. The Hall–Kier alpha value is -2.14. The van der Waals surface area contributed by atoms with Crippen molar-refractivity contribution in [3.05, 3.63) is 40.4 Å². The second-order valence-corrected chi connectivity index (χ2v) is 18.8. The van der Waals surface area contributed by atoms with Gasteiger partial charge in [0.1, 0.15) is 0 Å². The summed E-state index contributed by atoms with van der Waals surface area (Å²) in [5.74, 6) is -2.76. The summed E-state index contributed by atoms with van der Waals surface area (Å²) in [5, 5.41) is 10.1. The van der Waals surface area contributed by atoms with Gasteiger partial charge in [-0.2, -0.15) is 0 Å². The van der Waals surface area contributed by atoms with E-state index in [-0.39, 0.29) is 27.5 Å². The molecule has 5 atom stereocenters. The molecule has 0 aromatic heterocycles. The standard InChI is InChI=1S/C29H42N2O6SSi/c1-18-23-22(19(2)37-39(6,7)29(3,4)5)27(33)31(23)24(28(34)35)25(18)38(36)21-15-11-10-14-20(21)26(32)30-16-12-8-9-13-17-30/h10-11,14-15,18-19,22-23H,8-9,12-13,16-17H2,1-7H3,(H,34,35)/t18-,19-,22-,23-,38?/m1/s1. The number of β-lactam (4-membered cyclic amide) rings is 1. The highest BCUT2D eigenvalue weighted by Crippen LogP contribution is 2.51. The fourth-order valence-electron chi connectivity index (χ4n) is 5.84. The van der Waals surface area contributed by atoms with Crippen LogP contribution in [0.1, 0.15) is 70.7 Å². The Bertz CT molecular complexity index is 1170. The lowest BCUT2D eigenvalue weighted by molar-refractivity contribution is -0.162. The second kappa shape index (κ2) is 11.0. The van der Waals surface area contributed by atoms with Crippen LogP contribution in [0.3, 0.4) is 0 Å². The van der Waals surface area contributed by atoms with Crippen LogP contribution in [0.4, 0.5) is 0 Å². The topological polar surface area (TPSA) is 110 Å². The zero-order valence-corrected chi connectivity index (χ0v) is 26.0. The molecule has 214 valence electrons. The predicted octanol–water partition coefficient (Wildman–Crippen LogP) is 4.99. The van der Waals surface area contributed by atoms with E-state index in [2.05, 4.69) is 33.9 Å². The number of carbonyl (C=O) groups excluding carboxylic acids is 2. The molecular weight excluding hydrogens is 532 g/mol. The molecule has 1 N–H and O–H groups in total. The van der Waals surface area contributed by atoms with E-state index in [0.717, 1.165) is 25.7 Å². The summed E-state index contributed by atoms with van der Waals surface area (Å²) in [4.78, 5) is 43.0. The highest BCUT2D eigenvalue weighted by atomic mass is 32.2. The zero-order valence-electron chi connectivity index (χ0n) is 24.2. The van der Waals surface area contributed by atoms with Crippen molar-refractivity contribution in [1.82, 2.24) is 9.80 Å². The van der Waals surface area contributed by atoms with E-state index in [4.69, 9.17) is 4.43 Å². The van der Waals surface area contributed by atoms with Gasteiger partial charge in [-0.25, -0.2) is 4.79 Å². The van der Waals surface area contributed by atoms with Crippen LogP contribution < -0.4 is 0 Å². The molecule has 0 bridgehead atoms. The Kier molecular flexibility index (Phi) is 8.43. The Balaban J connectivity index is 1.65. The van der Waals surface area contributed by atoms with E-state index in [9.17, 15) is 24.0 Å². The van der Waals surface area contributed by atoms with Crippen LogP contribution >= 0.6 is 0 Å². The monoisotopic (exact) mass is 574 g/mol. The summed E-state index contributed by atoms with van der Waals surface area (Å²) >= 11 is -1.93. The molecule has 1 unspecified atom stereocenters. The minimum atomic E-state index is -2.18. The van der Waals surface area contributed by atoms with Gasteiger partial charge in [-0.1, -0.05) is 52.7 Å². The largest absolute Gasteiger partial charge is 0.607 e. The summed E-state index contributed by atoms with van der Waals surface area (Å²) in [5.41, 5.74) is 0.109. The van der Waals surface area contributed by atoms with Crippen LogP contribution in [0, 0.1) is 11.8 Å². The molecule has 0 saturated carbocycles. The van der Waals surface area contributed by atoms with E-state index in [1.54, 1.807) is 29.2 Å². The highest BCUT2D eigenvalue weighted by Gasteiger charge is 2.64. The minimum absolute atomic E-state index is 0.0458. The van der Waals surface area contributed by atoms with E-state index >= 15 is 0 Å². The fourth-order valence-corrected chi connectivity index (χ4v) is 8.90. The lowest BCUT2D eigenvalue weighted by Crippen LogP contribution is -2.65. The van der Waals surface area contributed by atoms with Crippen molar-refractivity contribution in [1.29, 1.82) is 0 Å². The smallest absolute Gasteiger partial charge is 0.357 e. The summed E-state index contributed by atoms with van der Waals surface area (Å²) < 4.78 is 20.7. The molecule has 2 saturated heterocycles. The van der Waals surface area contributed by atoms with Gasteiger partial charge in [-0.3, -0.25) is 14.5 Å². The molecule has 8 nitrogen and oxygen atoms in total. The first-order chi connectivity index (χ1) is 18.2. The number of aliphatic carboxylic acids is 1. The summed E-state index contributed by atoms with van der Waals surface area (Å²) in [6.45, 7) is 15.7. The van der Waals surface area contributed by atoms with Crippen LogP contribution in [0.2, 0.25) is 18.1 Å². The molecule has 4 rings (SSSR count). The maximum absolute atomic E-state index is 14.2. The van der Waals surface area contributed by atoms with Gasteiger partial charge in [-0.15, -0.1) is 0 Å². The number of carboxylic acid groups (broad SMARTS) is 1. The first kappa shape index (κ1) is 29.8. The van der Waals surface area contributed by atoms with Gasteiger partial charge >= 0.3 is 5.97 Å². The molecule has 2 fully saturated rings. The third kappa shape index (κ3) is 5.32. The van der Waals surface area contributed by atoms with Gasteiger partial charge in [0.05, 0.1) is 29.5 Å². The van der Waals surface area contributed by atoms with E-state index in [0.29, 0.717) is 23.5 Å². The normalized spacial score (nSPS) is 25.6. The molecule has 3 aliphatic heterocycles. The number of hydrogen-bond acceptors (Lipinski definition) is 5. The van der Waals surface area contributed by atoms with Crippen molar-refractivity contribution in [2.45, 2.75) is 95.5 Å². The number of carbonyl (C=O) groups is 3. The van der Waals surface area contributed by atoms with E-state index < -0.39 is 49.4 Å². The zero-order chi connectivity index (χ0) is 28.9. The molecule has 2 amide bonds. The summed E-state index contributed by atoms with van der Waals surface area (Å²) in [6.07, 6.45) is 3.61. The quantitative estimate of drug-likeness (QED) is 0.279. The molecule has 1 aromatic carbocycles. The van der Waals surface area contributed by atoms with Crippen molar-refractivity contribution in [3.63, 3.8) is 0 Å². The van der Waals surface area contributed by atoms with Crippen molar-refractivity contribution < 1.29 is 28.5 Å². The molecular formula is C29H42N2O6SSi. The molecule has 0 radical (unpaired) electrons. The minimum Gasteiger partial charge on any atom is -0.607 e. The van der Waals surface area contributed by atoms with E-state index in [1.165, 1.54) is 4.90 Å². The third-order valence-corrected chi connectivity index (χ3v) is 15.3. The maximum Gasteiger partial charge on any atom is 0.357 e. The Morgan fingerprint density at radius 1 is 1.13 bits per heavy atom. The van der Waals surface area contributed by atoms with Crippen molar-refractivity contribution in [3.8, 4) is 0 Å². The number of nitrogens with zero attached hydrogens (tertiary/aromatic N) is 2. The van der Waals surface area contributed by atoms with Crippen LogP contribution in [-0.2, 0) is 25.2 Å².